The van der Waals surface area contributed by atoms with Gasteiger partial charge in [0.2, 0.25) is 0 Å². The number of aromatic amines is 1. The van der Waals surface area contributed by atoms with Crippen LogP contribution in [0.25, 0.3) is 11.0 Å². The molecule has 0 spiro atoms. The average Bonchev–Trinajstić information content (AvgIpc) is 2.15. The summed E-state index contributed by atoms with van der Waals surface area (Å²) in [5.41, 5.74) is 2.33. The van der Waals surface area contributed by atoms with Crippen LogP contribution in [0.1, 0.15) is 0 Å². The van der Waals surface area contributed by atoms with Crippen molar-refractivity contribution in [3.8, 4) is 0 Å². The summed E-state index contributed by atoms with van der Waals surface area (Å²) in [6.07, 6.45) is 1.73. The minimum absolute atomic E-state index is 0.565. The Bertz CT molecular complexity index is 232. The Balaban J connectivity index is 3.06. The quantitative estimate of drug-likeness (QED) is 0.578. The van der Waals surface area contributed by atoms with Crippen LogP contribution in [0.3, 0.4) is 0 Å². The van der Waals surface area contributed by atoms with Gasteiger partial charge < -0.3 is 0 Å². The van der Waals surface area contributed by atoms with Crippen LogP contribution in [0.2, 0.25) is 0 Å². The van der Waals surface area contributed by atoms with Gasteiger partial charge in [-0.2, -0.15) is 0 Å². The zero-order chi connectivity index (χ0) is 5.40. The second-order valence-corrected chi connectivity index (χ2v) is 3.13. The van der Waals surface area contributed by atoms with Gasteiger partial charge in [-0.15, -0.1) is 0 Å². The Kier molecular flexibility index (Phi) is 0.801. The van der Waals surface area contributed by atoms with Gasteiger partial charge in [-0.3, -0.25) is 0 Å². The fourth-order valence-electron chi connectivity index (χ4n) is 0.670. The third-order valence-electron chi connectivity index (χ3n) is 1.07. The molecule has 40 valence electrons. The van der Waals surface area contributed by atoms with Crippen molar-refractivity contribution in [3.63, 3.8) is 0 Å². The average molecular weight is 171 g/mol. The molecule has 0 aliphatic carbocycles. The number of nitrogens with zero attached hydrogens (tertiary/aromatic N) is 1. The summed E-state index contributed by atoms with van der Waals surface area (Å²) in [4.78, 5) is 11.5. The van der Waals surface area contributed by atoms with Crippen molar-refractivity contribution < 1.29 is 0 Å². The van der Waals surface area contributed by atoms with Crippen LogP contribution < -0.4 is 0 Å². The normalized spacial score (nSPS) is 10.5. The Hall–Kier alpha value is -0.531. The minimum atomic E-state index is 0.565. The van der Waals surface area contributed by atoms with Gasteiger partial charge in [0.25, 0.3) is 0 Å². The molecular formula is C5H4N2Se. The van der Waals surface area contributed by atoms with Crippen molar-refractivity contribution >= 4 is 25.5 Å². The van der Waals surface area contributed by atoms with Crippen molar-refractivity contribution in [2.75, 3.05) is 0 Å². The third-order valence-corrected chi connectivity index (χ3v) is 2.60. The predicted molar refractivity (Wildman–Crippen MR) is 33.0 cm³/mol. The number of imidazole rings is 1. The predicted octanol–water partition coefficient (Wildman–Crippen LogP) is 0.620. The first-order valence-electron chi connectivity index (χ1n) is 2.32. The van der Waals surface area contributed by atoms with Crippen LogP contribution in [0.5, 0.6) is 0 Å². The van der Waals surface area contributed by atoms with E-state index in [1.54, 1.807) is 6.33 Å². The summed E-state index contributed by atoms with van der Waals surface area (Å²) in [5.74, 6) is 0. The standard InChI is InChI=1S/C5H4N2Se/c1-4-5(2-8-1)7-3-6-4/h1-3H,(H,6,7). The molecule has 3 heteroatoms. The summed E-state index contributed by atoms with van der Waals surface area (Å²) in [7, 11) is 0. The molecule has 2 nitrogen and oxygen atoms in total. The first-order valence-corrected chi connectivity index (χ1v) is 4.30. The SMILES string of the molecule is c1nc2c[se]cc2[nH]1. The van der Waals surface area contributed by atoms with E-state index < -0.39 is 0 Å². The van der Waals surface area contributed by atoms with Gasteiger partial charge in [-0.05, 0) is 0 Å². The molecule has 0 aliphatic heterocycles. The molecule has 2 rings (SSSR count). The molecule has 0 aromatic carbocycles. The van der Waals surface area contributed by atoms with Crippen LogP contribution >= 0.6 is 0 Å². The fraction of sp³-hybridized carbons (Fsp3) is 0. The molecule has 2 aromatic rings. The summed E-state index contributed by atoms with van der Waals surface area (Å²) < 4.78 is 0. The second-order valence-electron chi connectivity index (χ2n) is 1.57. The van der Waals surface area contributed by atoms with Crippen molar-refractivity contribution in [1.29, 1.82) is 0 Å². The molecule has 0 fully saturated rings. The Morgan fingerprint density at radius 3 is 3.38 bits per heavy atom. The van der Waals surface area contributed by atoms with E-state index >= 15 is 0 Å². The van der Waals surface area contributed by atoms with Crippen LogP contribution in [0.4, 0.5) is 0 Å². The van der Waals surface area contributed by atoms with Crippen LogP contribution in [0.15, 0.2) is 16.2 Å². The number of nitrogens with one attached hydrogen (secondary N) is 1. The van der Waals surface area contributed by atoms with Gasteiger partial charge in [-0.25, -0.2) is 0 Å². The maximum atomic E-state index is 4.07. The molecule has 2 aromatic heterocycles. The van der Waals surface area contributed by atoms with E-state index in [9.17, 15) is 0 Å². The fourth-order valence-corrected chi connectivity index (χ4v) is 2.16. The summed E-state index contributed by atoms with van der Waals surface area (Å²) >= 11 is 0.565. The van der Waals surface area contributed by atoms with Gasteiger partial charge in [0.05, 0.1) is 0 Å². The topological polar surface area (TPSA) is 28.7 Å². The van der Waals surface area contributed by atoms with Crippen molar-refractivity contribution in [3.05, 3.63) is 16.2 Å². The molecule has 0 saturated carbocycles. The third kappa shape index (κ3) is 0.457. The van der Waals surface area contributed by atoms with E-state index in [4.69, 9.17) is 0 Å². The summed E-state index contributed by atoms with van der Waals surface area (Å²) in [6, 6.07) is 0. The Morgan fingerprint density at radius 1 is 1.50 bits per heavy atom. The zero-order valence-corrected chi connectivity index (χ0v) is 5.80. The monoisotopic (exact) mass is 172 g/mol. The molecule has 2 heterocycles. The molecule has 0 bridgehead atoms. The Morgan fingerprint density at radius 2 is 2.50 bits per heavy atom. The van der Waals surface area contributed by atoms with Crippen LogP contribution in [0, 0.1) is 0 Å². The van der Waals surface area contributed by atoms with Gasteiger partial charge in [0.15, 0.2) is 0 Å². The van der Waals surface area contributed by atoms with Crippen molar-refractivity contribution in [2.45, 2.75) is 0 Å². The van der Waals surface area contributed by atoms with Crippen molar-refractivity contribution in [2.24, 2.45) is 0 Å². The van der Waals surface area contributed by atoms with Crippen LogP contribution in [-0.4, -0.2) is 24.5 Å². The molecule has 0 amide bonds. The van der Waals surface area contributed by atoms with E-state index in [2.05, 4.69) is 19.8 Å². The number of hydrogen-bond acceptors (Lipinski definition) is 1. The molecule has 0 saturated heterocycles. The number of H-pyrrole nitrogens is 1. The number of rotatable bonds is 0. The van der Waals surface area contributed by atoms with Crippen molar-refractivity contribution in [1.82, 2.24) is 9.97 Å². The van der Waals surface area contributed by atoms with E-state index in [1.807, 2.05) is 0 Å². The molecule has 0 radical (unpaired) electrons. The second kappa shape index (κ2) is 1.47. The van der Waals surface area contributed by atoms with Gasteiger partial charge >= 0.3 is 51.7 Å². The molecule has 1 N–H and O–H groups in total. The first-order chi connectivity index (χ1) is 3.97. The summed E-state index contributed by atoms with van der Waals surface area (Å²) in [5, 5.41) is 0. The molecular weight excluding hydrogens is 167 g/mol. The first kappa shape index (κ1) is 4.36. The number of aromatic nitrogens is 2. The number of fused-ring (bicyclic) bond motifs is 1. The summed E-state index contributed by atoms with van der Waals surface area (Å²) in [6.45, 7) is 0. The molecule has 0 aliphatic rings. The van der Waals surface area contributed by atoms with E-state index in [-0.39, 0.29) is 0 Å². The van der Waals surface area contributed by atoms with Gasteiger partial charge in [0, 0.05) is 0 Å². The molecule has 0 atom stereocenters. The van der Waals surface area contributed by atoms with Gasteiger partial charge in [0.1, 0.15) is 0 Å². The number of hydrogen-bond donors (Lipinski definition) is 1. The van der Waals surface area contributed by atoms with Crippen LogP contribution in [-0.2, 0) is 0 Å². The maximum absolute atomic E-state index is 4.07. The van der Waals surface area contributed by atoms with E-state index in [1.165, 1.54) is 5.52 Å². The van der Waals surface area contributed by atoms with Gasteiger partial charge in [-0.1, -0.05) is 0 Å². The van der Waals surface area contributed by atoms with E-state index in [0.717, 1.165) is 5.52 Å². The van der Waals surface area contributed by atoms with E-state index in [0.29, 0.717) is 14.5 Å². The molecule has 8 heavy (non-hydrogen) atoms. The molecule has 0 unspecified atom stereocenters. The Labute approximate surface area is 52.3 Å². The zero-order valence-electron chi connectivity index (χ0n) is 4.09.